The molecule has 1 fully saturated rings. The number of rotatable bonds is 4. The van der Waals surface area contributed by atoms with E-state index in [9.17, 15) is 0 Å². The molecule has 1 aliphatic rings. The van der Waals surface area contributed by atoms with E-state index in [1.54, 1.807) is 0 Å². The summed E-state index contributed by atoms with van der Waals surface area (Å²) >= 11 is 1.42. The molecule has 0 amide bonds. The molecule has 84 valence electrons. The van der Waals surface area contributed by atoms with Crippen LogP contribution in [-0.2, 0) is 6.42 Å². The van der Waals surface area contributed by atoms with Crippen molar-refractivity contribution in [2.45, 2.75) is 38.6 Å². The molecule has 16 heavy (non-hydrogen) atoms. The first kappa shape index (κ1) is 9.89. The van der Waals surface area contributed by atoms with E-state index in [1.165, 1.54) is 24.4 Å². The summed E-state index contributed by atoms with van der Waals surface area (Å²) in [5, 5.41) is 12.4. The van der Waals surface area contributed by atoms with Crippen molar-refractivity contribution in [3.8, 4) is 10.7 Å². The molecule has 0 N–H and O–H groups in total. The van der Waals surface area contributed by atoms with Gasteiger partial charge in [0.2, 0.25) is 0 Å². The van der Waals surface area contributed by atoms with Crippen molar-refractivity contribution >= 4 is 11.5 Å². The molecule has 0 radical (unpaired) electrons. The summed E-state index contributed by atoms with van der Waals surface area (Å²) in [5.41, 5.74) is 1.06. The highest BCUT2D eigenvalue weighted by atomic mass is 32.1. The van der Waals surface area contributed by atoms with Crippen LogP contribution in [-0.4, -0.2) is 24.4 Å². The molecule has 3 rings (SSSR count). The molecule has 0 saturated heterocycles. The zero-order valence-corrected chi connectivity index (χ0v) is 9.94. The summed E-state index contributed by atoms with van der Waals surface area (Å²) in [6, 6.07) is 0.599. The first-order chi connectivity index (χ1) is 7.90. The lowest BCUT2D eigenvalue weighted by Gasteiger charge is -2.02. The van der Waals surface area contributed by atoms with Crippen LogP contribution in [0.3, 0.4) is 0 Å². The van der Waals surface area contributed by atoms with E-state index >= 15 is 0 Å². The zero-order valence-electron chi connectivity index (χ0n) is 9.13. The van der Waals surface area contributed by atoms with Crippen LogP contribution >= 0.6 is 11.5 Å². The Labute approximate surface area is 97.7 Å². The maximum atomic E-state index is 4.21. The molecule has 2 aromatic heterocycles. The van der Waals surface area contributed by atoms with Crippen molar-refractivity contribution in [2.24, 2.45) is 0 Å². The monoisotopic (exact) mass is 235 g/mol. The predicted molar refractivity (Wildman–Crippen MR) is 61.2 cm³/mol. The fraction of sp³-hybridized carbons (Fsp3) is 0.600. The van der Waals surface area contributed by atoms with Crippen LogP contribution in [0.2, 0.25) is 0 Å². The molecule has 1 saturated carbocycles. The van der Waals surface area contributed by atoms with Gasteiger partial charge in [-0.1, -0.05) is 17.8 Å². The Balaban J connectivity index is 2.00. The van der Waals surface area contributed by atoms with E-state index in [0.29, 0.717) is 6.04 Å². The van der Waals surface area contributed by atoms with Gasteiger partial charge in [0.05, 0.1) is 5.69 Å². The van der Waals surface area contributed by atoms with Gasteiger partial charge in [-0.2, -0.15) is 0 Å². The van der Waals surface area contributed by atoms with Crippen LogP contribution in [0.25, 0.3) is 10.7 Å². The summed E-state index contributed by atoms with van der Waals surface area (Å²) in [6.45, 7) is 2.15. The minimum absolute atomic E-state index is 0.599. The van der Waals surface area contributed by atoms with Crippen molar-refractivity contribution in [1.29, 1.82) is 0 Å². The molecule has 2 heterocycles. The highest BCUT2D eigenvalue weighted by Crippen LogP contribution is 2.38. The molecular formula is C10H13N5S. The molecule has 0 aromatic carbocycles. The summed E-state index contributed by atoms with van der Waals surface area (Å²) < 4.78 is 6.19. The fourth-order valence-electron chi connectivity index (χ4n) is 1.80. The van der Waals surface area contributed by atoms with Gasteiger partial charge in [-0.3, -0.25) is 0 Å². The van der Waals surface area contributed by atoms with Crippen LogP contribution in [0.5, 0.6) is 0 Å². The maximum absolute atomic E-state index is 4.21. The van der Waals surface area contributed by atoms with Crippen molar-refractivity contribution in [3.05, 3.63) is 12.0 Å². The Morgan fingerprint density at radius 3 is 3.06 bits per heavy atom. The molecule has 2 aromatic rings. The topological polar surface area (TPSA) is 56.5 Å². The summed E-state index contributed by atoms with van der Waals surface area (Å²) in [6.07, 6.45) is 6.34. The van der Waals surface area contributed by atoms with Gasteiger partial charge in [0.1, 0.15) is 11.2 Å². The summed E-state index contributed by atoms with van der Waals surface area (Å²) in [5.74, 6) is 0.945. The Hall–Kier alpha value is -1.30. The predicted octanol–water partition coefficient (Wildman–Crippen LogP) is 2.08. The van der Waals surface area contributed by atoms with Gasteiger partial charge in [0.25, 0.3) is 0 Å². The van der Waals surface area contributed by atoms with Crippen LogP contribution in [0.4, 0.5) is 0 Å². The molecule has 0 aliphatic heterocycles. The largest absolute Gasteiger partial charge is 0.310 e. The van der Waals surface area contributed by atoms with E-state index in [2.05, 4.69) is 31.3 Å². The smallest absolute Gasteiger partial charge is 0.177 e. The first-order valence-corrected chi connectivity index (χ1v) is 6.38. The number of aromatic nitrogens is 5. The average molecular weight is 235 g/mol. The standard InChI is InChI=1S/C10H13N5S/c1-2-3-8-9(16-14-12-8)10-13-11-6-15(10)7-4-5-7/h6-7H,2-5H2,1H3. The van der Waals surface area contributed by atoms with Gasteiger partial charge in [0.15, 0.2) is 5.82 Å². The van der Waals surface area contributed by atoms with Crippen LogP contribution in [0.15, 0.2) is 6.33 Å². The minimum Gasteiger partial charge on any atom is -0.310 e. The molecule has 0 spiro atoms. The van der Waals surface area contributed by atoms with Gasteiger partial charge in [-0.25, -0.2) is 0 Å². The van der Waals surface area contributed by atoms with E-state index < -0.39 is 0 Å². The highest BCUT2D eigenvalue weighted by molar-refractivity contribution is 7.09. The molecule has 0 atom stereocenters. The fourth-order valence-corrected chi connectivity index (χ4v) is 2.50. The average Bonchev–Trinajstić information content (AvgIpc) is 2.85. The van der Waals surface area contributed by atoms with Crippen LogP contribution < -0.4 is 0 Å². The summed E-state index contributed by atoms with van der Waals surface area (Å²) in [4.78, 5) is 1.09. The Morgan fingerprint density at radius 1 is 1.44 bits per heavy atom. The lowest BCUT2D eigenvalue weighted by atomic mass is 10.2. The lowest BCUT2D eigenvalue weighted by molar-refractivity contribution is 0.745. The second-order valence-electron chi connectivity index (χ2n) is 4.09. The van der Waals surface area contributed by atoms with Crippen molar-refractivity contribution in [1.82, 2.24) is 24.4 Å². The lowest BCUT2D eigenvalue weighted by Crippen LogP contribution is -1.97. The maximum Gasteiger partial charge on any atom is 0.177 e. The van der Waals surface area contributed by atoms with E-state index in [0.717, 1.165) is 29.2 Å². The molecule has 5 nitrogen and oxygen atoms in total. The second-order valence-corrected chi connectivity index (χ2v) is 4.85. The molecule has 0 unspecified atom stereocenters. The van der Waals surface area contributed by atoms with Crippen molar-refractivity contribution < 1.29 is 0 Å². The number of aryl methyl sites for hydroxylation is 1. The number of hydrogen-bond donors (Lipinski definition) is 0. The highest BCUT2D eigenvalue weighted by Gasteiger charge is 2.28. The second kappa shape index (κ2) is 3.93. The van der Waals surface area contributed by atoms with Gasteiger partial charge >= 0.3 is 0 Å². The minimum atomic E-state index is 0.599. The third-order valence-corrected chi connectivity index (χ3v) is 3.52. The van der Waals surface area contributed by atoms with Crippen molar-refractivity contribution in [3.63, 3.8) is 0 Å². The van der Waals surface area contributed by atoms with E-state index in [1.807, 2.05) is 6.33 Å². The normalized spacial score (nSPS) is 15.6. The third kappa shape index (κ3) is 1.63. The SMILES string of the molecule is CCCc1nnsc1-c1nncn1C1CC1. The van der Waals surface area contributed by atoms with Gasteiger partial charge in [-0.15, -0.1) is 15.3 Å². The Morgan fingerprint density at radius 2 is 2.31 bits per heavy atom. The molecule has 0 bridgehead atoms. The zero-order chi connectivity index (χ0) is 11.0. The van der Waals surface area contributed by atoms with Crippen LogP contribution in [0.1, 0.15) is 37.9 Å². The Bertz CT molecular complexity index is 485. The summed E-state index contributed by atoms with van der Waals surface area (Å²) in [7, 11) is 0. The van der Waals surface area contributed by atoms with Crippen LogP contribution in [0, 0.1) is 0 Å². The van der Waals surface area contributed by atoms with E-state index in [4.69, 9.17) is 0 Å². The number of nitrogens with zero attached hydrogens (tertiary/aromatic N) is 5. The molecule has 1 aliphatic carbocycles. The Kier molecular flexibility index (Phi) is 2.43. The third-order valence-electron chi connectivity index (χ3n) is 2.76. The molecular weight excluding hydrogens is 222 g/mol. The van der Waals surface area contributed by atoms with Gasteiger partial charge in [-0.05, 0) is 30.8 Å². The van der Waals surface area contributed by atoms with Crippen molar-refractivity contribution in [2.75, 3.05) is 0 Å². The molecule has 6 heteroatoms. The quantitative estimate of drug-likeness (QED) is 0.814. The van der Waals surface area contributed by atoms with Gasteiger partial charge in [0, 0.05) is 6.04 Å². The number of hydrogen-bond acceptors (Lipinski definition) is 5. The van der Waals surface area contributed by atoms with E-state index in [-0.39, 0.29) is 0 Å². The first-order valence-electron chi connectivity index (χ1n) is 5.61. The van der Waals surface area contributed by atoms with Gasteiger partial charge < -0.3 is 4.57 Å².